The van der Waals surface area contributed by atoms with Gasteiger partial charge in [-0.1, -0.05) is 0 Å². The highest BCUT2D eigenvalue weighted by Gasteiger charge is 2.27. The second kappa shape index (κ2) is 8.54. The summed E-state index contributed by atoms with van der Waals surface area (Å²) < 4.78 is 0. The zero-order chi connectivity index (χ0) is 10.7. The Hall–Kier alpha value is 0.460. The normalized spacial score (nSPS) is 30.7. The topological polar surface area (TPSA) is 18.5 Å². The highest BCUT2D eigenvalue weighted by molar-refractivity contribution is 5.85. The predicted octanol–water partition coefficient (Wildman–Crippen LogP) is 1.61. The van der Waals surface area contributed by atoms with Crippen molar-refractivity contribution in [2.24, 2.45) is 0 Å². The number of rotatable bonds is 3. The van der Waals surface area contributed by atoms with Gasteiger partial charge in [0.15, 0.2) is 0 Å². The van der Waals surface area contributed by atoms with Gasteiger partial charge in [-0.05, 0) is 26.7 Å². The van der Waals surface area contributed by atoms with Gasteiger partial charge in [0.05, 0.1) is 0 Å². The van der Waals surface area contributed by atoms with E-state index in [1.54, 1.807) is 0 Å². The van der Waals surface area contributed by atoms with Gasteiger partial charge in [-0.2, -0.15) is 0 Å². The number of nitrogens with one attached hydrogen (secondary N) is 1. The van der Waals surface area contributed by atoms with E-state index < -0.39 is 0 Å². The van der Waals surface area contributed by atoms with E-state index in [0.717, 1.165) is 12.1 Å². The number of nitrogens with zero attached hydrogens (tertiary/aromatic N) is 2. The summed E-state index contributed by atoms with van der Waals surface area (Å²) in [5.41, 5.74) is 0. The van der Waals surface area contributed by atoms with Crippen LogP contribution in [0.25, 0.3) is 0 Å². The molecule has 0 spiro atoms. The van der Waals surface area contributed by atoms with Crippen LogP contribution in [-0.2, 0) is 0 Å². The number of likely N-dealkylation sites (tertiary alicyclic amines) is 1. The van der Waals surface area contributed by atoms with Gasteiger partial charge in [0.1, 0.15) is 0 Å². The third-order valence-electron chi connectivity index (χ3n) is 4.02. The van der Waals surface area contributed by atoms with Gasteiger partial charge >= 0.3 is 0 Å². The Labute approximate surface area is 118 Å². The first kappa shape index (κ1) is 17.5. The van der Waals surface area contributed by atoms with Crippen LogP contribution in [-0.4, -0.2) is 61.2 Å². The van der Waals surface area contributed by atoms with E-state index in [1.165, 1.54) is 52.1 Å². The van der Waals surface area contributed by atoms with E-state index in [9.17, 15) is 0 Å². The molecule has 2 heterocycles. The Bertz CT molecular complexity index is 188. The summed E-state index contributed by atoms with van der Waals surface area (Å²) in [7, 11) is 0. The van der Waals surface area contributed by atoms with Crippen molar-refractivity contribution in [2.75, 3.05) is 39.3 Å². The maximum atomic E-state index is 3.40. The zero-order valence-corrected chi connectivity index (χ0v) is 12.7. The van der Waals surface area contributed by atoms with Crippen molar-refractivity contribution in [3.05, 3.63) is 0 Å². The smallest absolute Gasteiger partial charge is 0.0115 e. The summed E-state index contributed by atoms with van der Waals surface area (Å²) in [6, 6.07) is 1.62. The fourth-order valence-corrected chi connectivity index (χ4v) is 2.88. The Balaban J connectivity index is 0.00000128. The molecule has 2 atom stereocenters. The first-order valence-corrected chi connectivity index (χ1v) is 6.46. The van der Waals surface area contributed by atoms with E-state index in [2.05, 4.69) is 29.0 Å². The molecule has 104 valence electrons. The summed E-state index contributed by atoms with van der Waals surface area (Å²) in [4.78, 5) is 5.27. The standard InChI is InChI=1S/C12H25N3.2ClH/c1-11-3-4-12(2)15(11)10-9-14-7-5-13-6-8-14;;/h11-13H,3-10H2,1-2H3;2*1H. The predicted molar refractivity (Wildman–Crippen MR) is 78.7 cm³/mol. The second-order valence-electron chi connectivity index (χ2n) is 5.10. The average molecular weight is 284 g/mol. The van der Waals surface area contributed by atoms with Crippen LogP contribution < -0.4 is 5.32 Å². The van der Waals surface area contributed by atoms with Crippen LogP contribution >= 0.6 is 24.8 Å². The summed E-state index contributed by atoms with van der Waals surface area (Å²) in [5, 5.41) is 3.40. The molecule has 0 saturated carbocycles. The van der Waals surface area contributed by atoms with Gasteiger partial charge in [-0.25, -0.2) is 0 Å². The molecule has 0 amide bonds. The molecular formula is C12H27Cl2N3. The average Bonchev–Trinajstić information content (AvgIpc) is 2.58. The molecule has 2 aliphatic heterocycles. The molecule has 2 saturated heterocycles. The molecule has 2 fully saturated rings. The maximum Gasteiger partial charge on any atom is 0.0115 e. The minimum Gasteiger partial charge on any atom is -0.314 e. The molecule has 1 N–H and O–H groups in total. The monoisotopic (exact) mass is 283 g/mol. The molecule has 2 unspecified atom stereocenters. The van der Waals surface area contributed by atoms with Gasteiger partial charge in [0, 0.05) is 51.4 Å². The van der Waals surface area contributed by atoms with Crippen LogP contribution in [0.4, 0.5) is 0 Å². The Morgan fingerprint density at radius 2 is 1.47 bits per heavy atom. The van der Waals surface area contributed by atoms with Gasteiger partial charge in [0.2, 0.25) is 0 Å². The molecule has 0 aromatic carbocycles. The highest BCUT2D eigenvalue weighted by Crippen LogP contribution is 2.22. The number of hydrogen-bond donors (Lipinski definition) is 1. The van der Waals surface area contributed by atoms with E-state index >= 15 is 0 Å². The zero-order valence-electron chi connectivity index (χ0n) is 11.0. The fraction of sp³-hybridized carbons (Fsp3) is 1.00. The third kappa shape index (κ3) is 4.92. The van der Waals surface area contributed by atoms with Crippen LogP contribution in [0.5, 0.6) is 0 Å². The lowest BCUT2D eigenvalue weighted by atomic mass is 10.2. The number of piperazine rings is 1. The maximum absolute atomic E-state index is 3.40. The van der Waals surface area contributed by atoms with Gasteiger partial charge in [-0.3, -0.25) is 9.80 Å². The van der Waals surface area contributed by atoms with Crippen molar-refractivity contribution in [1.82, 2.24) is 15.1 Å². The van der Waals surface area contributed by atoms with Crippen molar-refractivity contribution in [1.29, 1.82) is 0 Å². The minimum atomic E-state index is 0. The molecule has 5 heteroatoms. The molecule has 0 bridgehead atoms. The SMILES string of the molecule is CC1CCC(C)N1CCN1CCNCC1.Cl.Cl. The van der Waals surface area contributed by atoms with Crippen molar-refractivity contribution >= 4 is 24.8 Å². The van der Waals surface area contributed by atoms with Crippen molar-refractivity contribution in [2.45, 2.75) is 38.8 Å². The van der Waals surface area contributed by atoms with E-state index in [0.29, 0.717) is 0 Å². The van der Waals surface area contributed by atoms with Gasteiger partial charge in [0.25, 0.3) is 0 Å². The van der Waals surface area contributed by atoms with Crippen LogP contribution in [0.1, 0.15) is 26.7 Å². The molecule has 0 radical (unpaired) electrons. The summed E-state index contributed by atoms with van der Waals surface area (Å²) in [6.45, 7) is 12.1. The highest BCUT2D eigenvalue weighted by atomic mass is 35.5. The van der Waals surface area contributed by atoms with Crippen LogP contribution in [0.15, 0.2) is 0 Å². The molecular weight excluding hydrogens is 257 g/mol. The number of hydrogen-bond acceptors (Lipinski definition) is 3. The third-order valence-corrected chi connectivity index (χ3v) is 4.02. The Kier molecular flexibility index (Phi) is 8.77. The van der Waals surface area contributed by atoms with Crippen molar-refractivity contribution in [3.63, 3.8) is 0 Å². The van der Waals surface area contributed by atoms with E-state index in [-0.39, 0.29) is 24.8 Å². The second-order valence-corrected chi connectivity index (χ2v) is 5.10. The summed E-state index contributed by atoms with van der Waals surface area (Å²) >= 11 is 0. The minimum absolute atomic E-state index is 0. The van der Waals surface area contributed by atoms with Crippen molar-refractivity contribution < 1.29 is 0 Å². The molecule has 0 aromatic heterocycles. The lowest BCUT2D eigenvalue weighted by Gasteiger charge is -2.32. The molecule has 2 aliphatic rings. The molecule has 17 heavy (non-hydrogen) atoms. The number of halogens is 2. The van der Waals surface area contributed by atoms with Gasteiger partial charge in [-0.15, -0.1) is 24.8 Å². The first-order chi connectivity index (χ1) is 7.27. The Morgan fingerprint density at radius 1 is 0.941 bits per heavy atom. The largest absolute Gasteiger partial charge is 0.314 e. The van der Waals surface area contributed by atoms with Gasteiger partial charge < -0.3 is 5.32 Å². The van der Waals surface area contributed by atoms with Crippen molar-refractivity contribution in [3.8, 4) is 0 Å². The first-order valence-electron chi connectivity index (χ1n) is 6.46. The van der Waals surface area contributed by atoms with E-state index in [4.69, 9.17) is 0 Å². The summed E-state index contributed by atoms with van der Waals surface area (Å²) in [5.74, 6) is 0. The lowest BCUT2D eigenvalue weighted by Crippen LogP contribution is -2.47. The molecule has 0 aromatic rings. The molecule has 3 nitrogen and oxygen atoms in total. The molecule has 0 aliphatic carbocycles. The lowest BCUT2D eigenvalue weighted by molar-refractivity contribution is 0.160. The molecule has 2 rings (SSSR count). The quantitative estimate of drug-likeness (QED) is 0.849. The fourth-order valence-electron chi connectivity index (χ4n) is 2.88. The van der Waals surface area contributed by atoms with Crippen LogP contribution in [0, 0.1) is 0 Å². The summed E-state index contributed by atoms with van der Waals surface area (Å²) in [6.07, 6.45) is 2.78. The van der Waals surface area contributed by atoms with E-state index in [1.807, 2.05) is 0 Å². The van der Waals surface area contributed by atoms with Crippen LogP contribution in [0.2, 0.25) is 0 Å². The Morgan fingerprint density at radius 3 is 2.00 bits per heavy atom. The van der Waals surface area contributed by atoms with Crippen LogP contribution in [0.3, 0.4) is 0 Å².